The third-order valence-electron chi connectivity index (χ3n) is 4.72. The van der Waals surface area contributed by atoms with E-state index >= 15 is 0 Å². The van der Waals surface area contributed by atoms with Gasteiger partial charge in [0.2, 0.25) is 0 Å². The van der Waals surface area contributed by atoms with Crippen LogP contribution in [0.2, 0.25) is 0 Å². The molecule has 1 fully saturated rings. The van der Waals surface area contributed by atoms with Gasteiger partial charge < -0.3 is 11.1 Å². The van der Waals surface area contributed by atoms with Gasteiger partial charge in [0, 0.05) is 12.1 Å². The lowest BCUT2D eigenvalue weighted by Crippen LogP contribution is -2.31. The molecule has 0 spiro atoms. The van der Waals surface area contributed by atoms with Crippen LogP contribution in [0.4, 0.5) is 0 Å². The zero-order valence-corrected chi connectivity index (χ0v) is 13.1. The van der Waals surface area contributed by atoms with Gasteiger partial charge >= 0.3 is 0 Å². The lowest BCUT2D eigenvalue weighted by atomic mass is 9.81. The average molecular weight is 288 g/mol. The SMILES string of the molecule is CCC1CCC(CNC(=O)c2cccc(CCN)c2)CC1. The first kappa shape index (κ1) is 16.0. The van der Waals surface area contributed by atoms with Crippen molar-refractivity contribution in [3.05, 3.63) is 35.4 Å². The van der Waals surface area contributed by atoms with E-state index in [1.54, 1.807) is 0 Å². The second kappa shape index (κ2) is 8.18. The summed E-state index contributed by atoms with van der Waals surface area (Å²) in [4.78, 5) is 12.2. The molecule has 0 unspecified atom stereocenters. The molecule has 1 aliphatic carbocycles. The van der Waals surface area contributed by atoms with Gasteiger partial charge in [-0.05, 0) is 55.3 Å². The molecule has 1 saturated carbocycles. The van der Waals surface area contributed by atoms with Gasteiger partial charge in [0.25, 0.3) is 5.91 Å². The number of nitrogens with one attached hydrogen (secondary N) is 1. The van der Waals surface area contributed by atoms with Gasteiger partial charge in [0.05, 0.1) is 0 Å². The summed E-state index contributed by atoms with van der Waals surface area (Å²) in [6.07, 6.45) is 7.28. The fourth-order valence-electron chi connectivity index (χ4n) is 3.22. The van der Waals surface area contributed by atoms with Crippen LogP contribution in [0.1, 0.15) is 54.9 Å². The summed E-state index contributed by atoms with van der Waals surface area (Å²) in [6.45, 7) is 3.71. The largest absolute Gasteiger partial charge is 0.352 e. The van der Waals surface area contributed by atoms with Crippen LogP contribution in [-0.4, -0.2) is 19.0 Å². The fraction of sp³-hybridized carbons (Fsp3) is 0.611. The lowest BCUT2D eigenvalue weighted by Gasteiger charge is -2.27. The summed E-state index contributed by atoms with van der Waals surface area (Å²) in [6, 6.07) is 7.79. The van der Waals surface area contributed by atoms with Crippen LogP contribution >= 0.6 is 0 Å². The number of benzene rings is 1. The Bertz CT molecular complexity index is 450. The topological polar surface area (TPSA) is 55.1 Å². The first-order chi connectivity index (χ1) is 10.2. The number of carbonyl (C=O) groups is 1. The summed E-state index contributed by atoms with van der Waals surface area (Å²) >= 11 is 0. The summed E-state index contributed by atoms with van der Waals surface area (Å²) in [7, 11) is 0. The maximum atomic E-state index is 12.2. The first-order valence-corrected chi connectivity index (χ1v) is 8.30. The number of hydrogen-bond donors (Lipinski definition) is 2. The van der Waals surface area contributed by atoms with Crippen molar-refractivity contribution >= 4 is 5.91 Å². The molecule has 1 aromatic rings. The van der Waals surface area contributed by atoms with Crippen LogP contribution < -0.4 is 11.1 Å². The van der Waals surface area contributed by atoms with Gasteiger partial charge in [-0.2, -0.15) is 0 Å². The molecule has 0 aliphatic heterocycles. The van der Waals surface area contributed by atoms with Gasteiger partial charge in [-0.1, -0.05) is 38.3 Å². The Morgan fingerprint density at radius 3 is 2.62 bits per heavy atom. The Labute approximate surface area is 128 Å². The minimum absolute atomic E-state index is 0.0477. The number of carbonyl (C=O) groups excluding carboxylic acids is 1. The van der Waals surface area contributed by atoms with Crippen LogP contribution in [0.25, 0.3) is 0 Å². The fourth-order valence-corrected chi connectivity index (χ4v) is 3.22. The first-order valence-electron chi connectivity index (χ1n) is 8.30. The Hall–Kier alpha value is -1.35. The maximum absolute atomic E-state index is 12.2. The molecule has 2 rings (SSSR count). The van der Waals surface area contributed by atoms with E-state index in [4.69, 9.17) is 5.73 Å². The van der Waals surface area contributed by atoms with E-state index in [1.165, 1.54) is 32.1 Å². The summed E-state index contributed by atoms with van der Waals surface area (Å²) in [5, 5.41) is 3.10. The van der Waals surface area contributed by atoms with E-state index in [2.05, 4.69) is 12.2 Å². The Balaban J connectivity index is 1.80. The molecule has 21 heavy (non-hydrogen) atoms. The number of amides is 1. The van der Waals surface area contributed by atoms with Crippen molar-refractivity contribution in [2.75, 3.05) is 13.1 Å². The molecule has 3 heteroatoms. The molecule has 116 valence electrons. The second-order valence-corrected chi connectivity index (χ2v) is 6.24. The predicted molar refractivity (Wildman–Crippen MR) is 87.3 cm³/mol. The molecular weight excluding hydrogens is 260 g/mol. The average Bonchev–Trinajstić information content (AvgIpc) is 2.53. The van der Waals surface area contributed by atoms with Crippen molar-refractivity contribution in [2.45, 2.75) is 45.4 Å². The molecule has 0 saturated heterocycles. The summed E-state index contributed by atoms with van der Waals surface area (Å²) in [5.41, 5.74) is 7.45. The van der Waals surface area contributed by atoms with Crippen molar-refractivity contribution in [1.29, 1.82) is 0 Å². The highest BCUT2D eigenvalue weighted by atomic mass is 16.1. The quantitative estimate of drug-likeness (QED) is 0.845. The molecule has 0 bridgehead atoms. The number of nitrogens with two attached hydrogens (primary N) is 1. The highest BCUT2D eigenvalue weighted by molar-refractivity contribution is 5.94. The summed E-state index contributed by atoms with van der Waals surface area (Å²) in [5.74, 6) is 1.61. The van der Waals surface area contributed by atoms with Crippen molar-refractivity contribution in [2.24, 2.45) is 17.6 Å². The molecule has 1 aliphatic rings. The van der Waals surface area contributed by atoms with Crippen molar-refractivity contribution in [1.82, 2.24) is 5.32 Å². The maximum Gasteiger partial charge on any atom is 0.251 e. The monoisotopic (exact) mass is 288 g/mol. The Morgan fingerprint density at radius 2 is 1.95 bits per heavy atom. The van der Waals surface area contributed by atoms with Crippen molar-refractivity contribution in [3.8, 4) is 0 Å². The standard InChI is InChI=1S/C18H28N2O/c1-2-14-6-8-16(9-7-14)13-20-18(21)17-5-3-4-15(12-17)10-11-19/h3-5,12,14,16H,2,6-11,13,19H2,1H3,(H,20,21). The van der Waals surface area contributed by atoms with E-state index < -0.39 is 0 Å². The van der Waals surface area contributed by atoms with Crippen LogP contribution in [0.3, 0.4) is 0 Å². The minimum Gasteiger partial charge on any atom is -0.352 e. The third-order valence-corrected chi connectivity index (χ3v) is 4.72. The normalized spacial score (nSPS) is 22.0. The van der Waals surface area contributed by atoms with Gasteiger partial charge in [-0.25, -0.2) is 0 Å². The van der Waals surface area contributed by atoms with Crippen molar-refractivity contribution in [3.63, 3.8) is 0 Å². The van der Waals surface area contributed by atoms with Gasteiger partial charge in [-0.15, -0.1) is 0 Å². The van der Waals surface area contributed by atoms with Crippen molar-refractivity contribution < 1.29 is 4.79 Å². The Morgan fingerprint density at radius 1 is 1.24 bits per heavy atom. The smallest absolute Gasteiger partial charge is 0.251 e. The molecule has 3 nitrogen and oxygen atoms in total. The molecule has 0 heterocycles. The zero-order chi connectivity index (χ0) is 15.1. The van der Waals surface area contributed by atoms with E-state index in [-0.39, 0.29) is 5.91 Å². The van der Waals surface area contributed by atoms with E-state index in [1.807, 2.05) is 24.3 Å². The third kappa shape index (κ3) is 4.85. The van der Waals surface area contributed by atoms with Crippen LogP contribution in [0.15, 0.2) is 24.3 Å². The second-order valence-electron chi connectivity index (χ2n) is 6.24. The zero-order valence-electron chi connectivity index (χ0n) is 13.1. The highest BCUT2D eigenvalue weighted by Crippen LogP contribution is 2.30. The molecule has 1 amide bonds. The molecule has 0 radical (unpaired) electrons. The van der Waals surface area contributed by atoms with Gasteiger partial charge in [0.1, 0.15) is 0 Å². The molecule has 3 N–H and O–H groups in total. The van der Waals surface area contributed by atoms with Gasteiger partial charge in [-0.3, -0.25) is 4.79 Å². The minimum atomic E-state index is 0.0477. The predicted octanol–water partition coefficient (Wildman–Crippen LogP) is 3.13. The van der Waals surface area contributed by atoms with E-state index in [0.29, 0.717) is 12.5 Å². The van der Waals surface area contributed by atoms with Crippen LogP contribution in [0, 0.1) is 11.8 Å². The number of rotatable bonds is 6. The molecule has 0 aromatic heterocycles. The molecule has 1 aromatic carbocycles. The van der Waals surface area contributed by atoms with Crippen LogP contribution in [0.5, 0.6) is 0 Å². The highest BCUT2D eigenvalue weighted by Gasteiger charge is 2.20. The van der Waals surface area contributed by atoms with E-state index in [0.717, 1.165) is 30.0 Å². The molecular formula is C18H28N2O. The van der Waals surface area contributed by atoms with Crippen LogP contribution in [-0.2, 0) is 6.42 Å². The number of hydrogen-bond acceptors (Lipinski definition) is 2. The van der Waals surface area contributed by atoms with Gasteiger partial charge in [0.15, 0.2) is 0 Å². The molecule has 0 atom stereocenters. The Kier molecular flexibility index (Phi) is 6.24. The summed E-state index contributed by atoms with van der Waals surface area (Å²) < 4.78 is 0. The lowest BCUT2D eigenvalue weighted by molar-refractivity contribution is 0.0941. The van der Waals surface area contributed by atoms with E-state index in [9.17, 15) is 4.79 Å².